The number of carbonyl (C=O) groups is 2. The molecule has 0 unspecified atom stereocenters. The number of halogens is 1. The molecule has 1 heterocycles. The van der Waals surface area contributed by atoms with E-state index in [1.807, 2.05) is 25.1 Å². The monoisotopic (exact) mass is 377 g/mol. The average molecular weight is 378 g/mol. The van der Waals surface area contributed by atoms with Gasteiger partial charge in [0.15, 0.2) is 0 Å². The third-order valence-electron chi connectivity index (χ3n) is 3.31. The van der Waals surface area contributed by atoms with Crippen LogP contribution in [0.4, 0.5) is 5.69 Å². The predicted octanol–water partition coefficient (Wildman–Crippen LogP) is 3.25. The topological polar surface area (TPSA) is 55.8 Å². The van der Waals surface area contributed by atoms with E-state index in [2.05, 4.69) is 15.9 Å². The van der Waals surface area contributed by atoms with Gasteiger partial charge in [-0.3, -0.25) is 0 Å². The summed E-state index contributed by atoms with van der Waals surface area (Å²) in [6.45, 7) is 1.94. The standard InChI is InChI=1S/C17H16BrNO4/c1-11-10-12(7-8-14(11)18)19-9-5-4-6-13(16(20)22-2)15(19)17(21)23-3/h4-10H,1-3H3. The van der Waals surface area contributed by atoms with Crippen molar-refractivity contribution in [2.75, 3.05) is 19.1 Å². The van der Waals surface area contributed by atoms with E-state index in [0.717, 1.165) is 15.7 Å². The molecule has 120 valence electrons. The van der Waals surface area contributed by atoms with Crippen LogP contribution in [-0.4, -0.2) is 26.2 Å². The zero-order valence-corrected chi connectivity index (χ0v) is 14.6. The van der Waals surface area contributed by atoms with Crippen LogP contribution >= 0.6 is 15.9 Å². The van der Waals surface area contributed by atoms with Crippen molar-refractivity contribution in [1.29, 1.82) is 0 Å². The number of anilines is 1. The van der Waals surface area contributed by atoms with Crippen molar-refractivity contribution in [1.82, 2.24) is 0 Å². The first-order chi connectivity index (χ1) is 11.0. The van der Waals surface area contributed by atoms with E-state index in [4.69, 9.17) is 9.47 Å². The molecule has 0 fully saturated rings. The number of carbonyl (C=O) groups excluding carboxylic acids is 2. The second kappa shape index (κ2) is 7.28. The lowest BCUT2D eigenvalue weighted by Gasteiger charge is -2.23. The van der Waals surface area contributed by atoms with Crippen molar-refractivity contribution < 1.29 is 19.1 Å². The van der Waals surface area contributed by atoms with Crippen LogP contribution in [0, 0.1) is 6.92 Å². The minimum atomic E-state index is -0.623. The molecule has 0 saturated carbocycles. The normalized spacial score (nSPS) is 13.8. The Hall–Kier alpha value is -2.34. The molecule has 0 amide bonds. The Morgan fingerprint density at radius 1 is 1.09 bits per heavy atom. The highest BCUT2D eigenvalue weighted by Crippen LogP contribution is 2.29. The Bertz CT molecular complexity index is 734. The van der Waals surface area contributed by atoms with Crippen molar-refractivity contribution in [2.45, 2.75) is 6.92 Å². The van der Waals surface area contributed by atoms with Gasteiger partial charge in [-0.05, 0) is 42.8 Å². The molecule has 0 aliphatic carbocycles. The number of methoxy groups -OCH3 is 2. The first-order valence-corrected chi connectivity index (χ1v) is 7.60. The third kappa shape index (κ3) is 3.53. The van der Waals surface area contributed by atoms with Crippen LogP contribution in [0.5, 0.6) is 0 Å². The van der Waals surface area contributed by atoms with Gasteiger partial charge < -0.3 is 14.4 Å². The van der Waals surface area contributed by atoms with Crippen LogP contribution in [0.15, 0.2) is 58.4 Å². The van der Waals surface area contributed by atoms with E-state index < -0.39 is 11.9 Å². The Labute approximate surface area is 143 Å². The summed E-state index contributed by atoms with van der Waals surface area (Å²) in [5.74, 6) is -1.23. The smallest absolute Gasteiger partial charge is 0.355 e. The lowest BCUT2D eigenvalue weighted by Crippen LogP contribution is -2.27. The summed E-state index contributed by atoms with van der Waals surface area (Å²) in [5.41, 5.74) is 1.96. The second-order valence-corrected chi connectivity index (χ2v) is 5.60. The molecule has 0 bridgehead atoms. The van der Waals surface area contributed by atoms with E-state index >= 15 is 0 Å². The van der Waals surface area contributed by atoms with E-state index in [9.17, 15) is 9.59 Å². The molecular weight excluding hydrogens is 362 g/mol. The third-order valence-corrected chi connectivity index (χ3v) is 4.20. The summed E-state index contributed by atoms with van der Waals surface area (Å²) in [4.78, 5) is 25.9. The van der Waals surface area contributed by atoms with Gasteiger partial charge in [-0.2, -0.15) is 0 Å². The van der Waals surface area contributed by atoms with Gasteiger partial charge in [0.1, 0.15) is 5.70 Å². The summed E-state index contributed by atoms with van der Waals surface area (Å²) in [6, 6.07) is 5.62. The van der Waals surface area contributed by atoms with Crippen molar-refractivity contribution >= 4 is 33.6 Å². The molecular formula is C17H16BrNO4. The molecule has 2 rings (SSSR count). The van der Waals surface area contributed by atoms with E-state index in [-0.39, 0.29) is 11.3 Å². The summed E-state index contributed by atoms with van der Waals surface area (Å²) >= 11 is 3.45. The summed E-state index contributed by atoms with van der Waals surface area (Å²) in [5, 5.41) is 0. The number of esters is 2. The molecule has 5 nitrogen and oxygen atoms in total. The lowest BCUT2D eigenvalue weighted by molar-refractivity contribution is -0.139. The molecule has 0 spiro atoms. The van der Waals surface area contributed by atoms with Gasteiger partial charge in [-0.1, -0.05) is 22.0 Å². The van der Waals surface area contributed by atoms with Gasteiger partial charge in [0.05, 0.1) is 19.8 Å². The molecule has 1 aliphatic rings. The van der Waals surface area contributed by atoms with Gasteiger partial charge in [-0.25, -0.2) is 9.59 Å². The molecule has 1 aromatic rings. The zero-order chi connectivity index (χ0) is 17.0. The summed E-state index contributed by atoms with van der Waals surface area (Å²) in [7, 11) is 2.54. The highest BCUT2D eigenvalue weighted by atomic mass is 79.9. The Morgan fingerprint density at radius 2 is 1.78 bits per heavy atom. The van der Waals surface area contributed by atoms with Crippen LogP contribution in [-0.2, 0) is 19.1 Å². The number of nitrogens with zero attached hydrogens (tertiary/aromatic N) is 1. The van der Waals surface area contributed by atoms with Crippen LogP contribution in [0.25, 0.3) is 0 Å². The van der Waals surface area contributed by atoms with E-state index in [0.29, 0.717) is 0 Å². The van der Waals surface area contributed by atoms with Gasteiger partial charge in [0.2, 0.25) is 0 Å². The number of rotatable bonds is 3. The minimum absolute atomic E-state index is 0.103. The number of allylic oxidation sites excluding steroid dienone is 2. The molecule has 6 heteroatoms. The van der Waals surface area contributed by atoms with Crippen LogP contribution in [0.3, 0.4) is 0 Å². The Morgan fingerprint density at radius 3 is 2.39 bits per heavy atom. The maximum atomic E-state index is 12.3. The van der Waals surface area contributed by atoms with Crippen LogP contribution < -0.4 is 4.90 Å². The Balaban J connectivity index is 2.65. The number of aryl methyl sites for hydroxylation is 1. The van der Waals surface area contributed by atoms with Crippen molar-refractivity contribution in [3.8, 4) is 0 Å². The highest BCUT2D eigenvalue weighted by molar-refractivity contribution is 9.10. The number of ether oxygens (including phenoxy) is 2. The van der Waals surface area contributed by atoms with Gasteiger partial charge in [0, 0.05) is 16.4 Å². The first-order valence-electron chi connectivity index (χ1n) is 6.80. The van der Waals surface area contributed by atoms with E-state index in [1.165, 1.54) is 20.3 Å². The predicted molar refractivity (Wildman–Crippen MR) is 90.7 cm³/mol. The average Bonchev–Trinajstić information content (AvgIpc) is 2.78. The fourth-order valence-electron chi connectivity index (χ4n) is 2.14. The maximum absolute atomic E-state index is 12.3. The lowest BCUT2D eigenvalue weighted by atomic mass is 10.1. The molecule has 1 aromatic carbocycles. The molecule has 0 saturated heterocycles. The molecule has 0 radical (unpaired) electrons. The second-order valence-electron chi connectivity index (χ2n) is 4.75. The quantitative estimate of drug-likeness (QED) is 0.756. The molecule has 0 aromatic heterocycles. The zero-order valence-electron chi connectivity index (χ0n) is 13.0. The van der Waals surface area contributed by atoms with Crippen LogP contribution in [0.2, 0.25) is 0 Å². The van der Waals surface area contributed by atoms with Gasteiger partial charge >= 0.3 is 11.9 Å². The molecule has 1 aliphatic heterocycles. The fraction of sp³-hybridized carbons (Fsp3) is 0.176. The molecule has 0 atom stereocenters. The van der Waals surface area contributed by atoms with Gasteiger partial charge in [0.25, 0.3) is 0 Å². The largest absolute Gasteiger partial charge is 0.465 e. The minimum Gasteiger partial charge on any atom is -0.465 e. The molecule has 23 heavy (non-hydrogen) atoms. The van der Waals surface area contributed by atoms with Crippen molar-refractivity contribution in [3.63, 3.8) is 0 Å². The maximum Gasteiger partial charge on any atom is 0.355 e. The first kappa shape index (κ1) is 17.0. The number of hydrogen-bond donors (Lipinski definition) is 0. The van der Waals surface area contributed by atoms with E-state index in [1.54, 1.807) is 23.3 Å². The van der Waals surface area contributed by atoms with Crippen LogP contribution in [0.1, 0.15) is 5.56 Å². The fourth-order valence-corrected chi connectivity index (χ4v) is 2.39. The SMILES string of the molecule is COC(=O)C1=C(C(=O)OC)N(c2ccc(Br)c(C)c2)C=CC=C1. The summed E-state index contributed by atoms with van der Waals surface area (Å²) in [6.07, 6.45) is 6.62. The molecule has 0 N–H and O–H groups in total. The highest BCUT2D eigenvalue weighted by Gasteiger charge is 2.27. The van der Waals surface area contributed by atoms with Gasteiger partial charge in [-0.15, -0.1) is 0 Å². The number of hydrogen-bond acceptors (Lipinski definition) is 5. The Kier molecular flexibility index (Phi) is 5.39. The van der Waals surface area contributed by atoms with Crippen molar-refractivity contribution in [2.24, 2.45) is 0 Å². The number of benzene rings is 1. The summed E-state index contributed by atoms with van der Waals surface area (Å²) < 4.78 is 10.6. The van der Waals surface area contributed by atoms with Crippen molar-refractivity contribution in [3.05, 3.63) is 63.9 Å².